The number of aromatic hydroxyl groups is 1. The lowest BCUT2D eigenvalue weighted by atomic mass is 9.78. The molecule has 2 atom stereocenters. The number of carbonyl (C=O) groups excluding carboxylic acids is 1. The Morgan fingerprint density at radius 2 is 1.58 bits per heavy atom. The van der Waals surface area contributed by atoms with E-state index in [-0.39, 0.29) is 17.1 Å². The fraction of sp³-hybridized carbons (Fsp3) is 0.429. The number of para-hydroxylation sites is 1. The summed E-state index contributed by atoms with van der Waals surface area (Å²) in [6.45, 7) is 8.23. The summed E-state index contributed by atoms with van der Waals surface area (Å²) in [5, 5.41) is 11.7. The summed E-state index contributed by atoms with van der Waals surface area (Å²) in [6, 6.07) is 16.5. The van der Waals surface area contributed by atoms with E-state index in [1.54, 1.807) is 31.2 Å². The maximum absolute atomic E-state index is 13.2. The summed E-state index contributed by atoms with van der Waals surface area (Å²) < 4.78 is 5.60. The molecule has 3 aromatic rings. The number of fused-ring (bicyclic) bond motifs is 1. The van der Waals surface area contributed by atoms with Crippen molar-refractivity contribution in [3.8, 4) is 5.75 Å². The summed E-state index contributed by atoms with van der Waals surface area (Å²) in [5.74, 6) is -1.20. The Balaban J connectivity index is 2.14. The van der Waals surface area contributed by atoms with E-state index >= 15 is 0 Å². The van der Waals surface area contributed by atoms with Gasteiger partial charge in [0.15, 0.2) is 0 Å². The van der Waals surface area contributed by atoms with Crippen LogP contribution in [0, 0.1) is 5.92 Å². The van der Waals surface area contributed by atoms with E-state index in [0.29, 0.717) is 17.5 Å². The quantitative estimate of drug-likeness (QED) is 0.357. The van der Waals surface area contributed by atoms with Gasteiger partial charge in [0.05, 0.1) is 10.9 Å². The Labute approximate surface area is 196 Å². The number of unbranched alkanes of at least 4 members (excludes halogenated alkanes) is 2. The lowest BCUT2D eigenvalue weighted by molar-refractivity contribution is -0.121. The summed E-state index contributed by atoms with van der Waals surface area (Å²) in [6.07, 6.45) is 4.25. The van der Waals surface area contributed by atoms with Gasteiger partial charge in [0, 0.05) is 18.4 Å². The molecule has 0 saturated heterocycles. The number of carbonyl (C=O) groups is 1. The van der Waals surface area contributed by atoms with Gasteiger partial charge in [-0.05, 0) is 50.6 Å². The molecule has 3 rings (SSSR count). The Bertz CT molecular complexity index is 1100. The van der Waals surface area contributed by atoms with Crippen LogP contribution in [0.5, 0.6) is 5.75 Å². The van der Waals surface area contributed by atoms with Crippen LogP contribution < -0.4 is 5.63 Å². The lowest BCUT2D eigenvalue weighted by Gasteiger charge is -2.31. The molecule has 5 nitrogen and oxygen atoms in total. The number of rotatable bonds is 12. The fourth-order valence-electron chi connectivity index (χ4n) is 4.49. The highest BCUT2D eigenvalue weighted by atomic mass is 16.4. The topological polar surface area (TPSA) is 70.8 Å². The number of nitrogens with zero attached hydrogens (tertiary/aromatic N) is 1. The Morgan fingerprint density at radius 1 is 0.970 bits per heavy atom. The van der Waals surface area contributed by atoms with E-state index in [0.717, 1.165) is 44.3 Å². The Kier molecular flexibility index (Phi) is 8.84. The van der Waals surface area contributed by atoms with Crippen molar-refractivity contribution in [2.75, 3.05) is 19.6 Å². The van der Waals surface area contributed by atoms with Crippen LogP contribution in [0.25, 0.3) is 11.0 Å². The maximum atomic E-state index is 13.2. The molecule has 0 aliphatic heterocycles. The second-order valence-electron chi connectivity index (χ2n) is 8.76. The molecule has 0 unspecified atom stereocenters. The number of Topliss-reactive ketones (excluding diaryl/α,β-unsaturated/α-hetero) is 1. The first-order chi connectivity index (χ1) is 16.0. The van der Waals surface area contributed by atoms with Gasteiger partial charge in [-0.2, -0.15) is 0 Å². The van der Waals surface area contributed by atoms with E-state index in [4.69, 9.17) is 4.42 Å². The molecule has 0 saturated carbocycles. The molecule has 0 amide bonds. The van der Waals surface area contributed by atoms with Crippen molar-refractivity contribution < 1.29 is 14.3 Å². The third-order valence-electron chi connectivity index (χ3n) is 6.32. The van der Waals surface area contributed by atoms with Gasteiger partial charge in [0.2, 0.25) is 0 Å². The third kappa shape index (κ3) is 5.91. The minimum Gasteiger partial charge on any atom is -0.507 e. The molecule has 2 aromatic carbocycles. The maximum Gasteiger partial charge on any atom is 0.343 e. The van der Waals surface area contributed by atoms with Crippen LogP contribution in [0.3, 0.4) is 0 Å². The van der Waals surface area contributed by atoms with Crippen LogP contribution >= 0.6 is 0 Å². The average Bonchev–Trinajstić information content (AvgIpc) is 2.82. The first-order valence-electron chi connectivity index (χ1n) is 12.0. The minimum atomic E-state index is -0.602. The highest BCUT2D eigenvalue weighted by Crippen LogP contribution is 2.39. The van der Waals surface area contributed by atoms with E-state index < -0.39 is 17.5 Å². The molecule has 0 aliphatic carbocycles. The van der Waals surface area contributed by atoms with Crippen molar-refractivity contribution in [3.05, 3.63) is 76.1 Å². The van der Waals surface area contributed by atoms with Gasteiger partial charge in [-0.1, -0.05) is 69.2 Å². The van der Waals surface area contributed by atoms with Gasteiger partial charge in [-0.3, -0.25) is 4.79 Å². The number of ketones is 1. The summed E-state index contributed by atoms with van der Waals surface area (Å²) in [4.78, 5) is 28.6. The van der Waals surface area contributed by atoms with E-state index in [1.165, 1.54) is 0 Å². The number of hydrogen-bond donors (Lipinski definition) is 1. The van der Waals surface area contributed by atoms with Crippen molar-refractivity contribution >= 4 is 16.8 Å². The molecular formula is C28H35NO4. The van der Waals surface area contributed by atoms with Crippen LogP contribution in [-0.4, -0.2) is 35.4 Å². The number of hydrogen-bond acceptors (Lipinski definition) is 5. The van der Waals surface area contributed by atoms with Gasteiger partial charge < -0.3 is 14.4 Å². The van der Waals surface area contributed by atoms with Gasteiger partial charge in [0.1, 0.15) is 17.1 Å². The Hall–Kier alpha value is -2.92. The van der Waals surface area contributed by atoms with Crippen LogP contribution in [-0.2, 0) is 4.79 Å². The first-order valence-corrected chi connectivity index (χ1v) is 12.0. The van der Waals surface area contributed by atoms with Crippen molar-refractivity contribution in [2.45, 2.75) is 52.4 Å². The molecule has 0 fully saturated rings. The summed E-state index contributed by atoms with van der Waals surface area (Å²) in [5.41, 5.74) is 0.718. The zero-order valence-corrected chi connectivity index (χ0v) is 19.9. The molecule has 0 radical (unpaired) electrons. The van der Waals surface area contributed by atoms with Crippen molar-refractivity contribution in [2.24, 2.45) is 5.92 Å². The predicted octanol–water partition coefficient (Wildman–Crippen LogP) is 5.74. The van der Waals surface area contributed by atoms with Crippen LogP contribution in [0.1, 0.15) is 63.5 Å². The molecule has 5 heteroatoms. The third-order valence-corrected chi connectivity index (χ3v) is 6.32. The van der Waals surface area contributed by atoms with E-state index in [2.05, 4.69) is 18.7 Å². The standard InChI is InChI=1S/C28H35NO4/c1-4-6-17-29(18-7-5-2)19-23(20(3)30)25(21-13-9-8-10-14-21)26-27(31)22-15-11-12-16-24(22)33-28(26)32/h8-16,23,25,31H,4-7,17-19H2,1-3H3/t23-,25+/m1/s1. The molecule has 0 bridgehead atoms. The molecule has 0 aliphatic rings. The largest absolute Gasteiger partial charge is 0.507 e. The molecule has 1 aromatic heterocycles. The van der Waals surface area contributed by atoms with Crippen LogP contribution in [0.2, 0.25) is 0 Å². The molecule has 176 valence electrons. The second-order valence-corrected chi connectivity index (χ2v) is 8.76. The van der Waals surface area contributed by atoms with E-state index in [1.807, 2.05) is 30.3 Å². The van der Waals surface area contributed by atoms with Gasteiger partial charge in [0.25, 0.3) is 0 Å². The smallest absolute Gasteiger partial charge is 0.343 e. The SMILES string of the molecule is CCCCN(CCCC)C[C@H](C(C)=O)[C@H](c1ccccc1)c1c(O)c2ccccc2oc1=O. The first kappa shape index (κ1) is 24.7. The van der Waals surface area contributed by atoms with Crippen molar-refractivity contribution in [1.29, 1.82) is 0 Å². The number of benzene rings is 2. The van der Waals surface area contributed by atoms with Gasteiger partial charge >= 0.3 is 5.63 Å². The van der Waals surface area contributed by atoms with Gasteiger partial charge in [-0.15, -0.1) is 0 Å². The zero-order chi connectivity index (χ0) is 23.8. The second kappa shape index (κ2) is 11.8. The van der Waals surface area contributed by atoms with Crippen LogP contribution in [0.15, 0.2) is 63.8 Å². The zero-order valence-electron chi connectivity index (χ0n) is 19.9. The highest BCUT2D eigenvalue weighted by molar-refractivity contribution is 5.86. The minimum absolute atomic E-state index is 0.00573. The highest BCUT2D eigenvalue weighted by Gasteiger charge is 2.35. The van der Waals surface area contributed by atoms with Gasteiger partial charge in [-0.25, -0.2) is 4.79 Å². The van der Waals surface area contributed by atoms with Crippen molar-refractivity contribution in [1.82, 2.24) is 4.90 Å². The molecular weight excluding hydrogens is 414 g/mol. The molecule has 33 heavy (non-hydrogen) atoms. The average molecular weight is 450 g/mol. The van der Waals surface area contributed by atoms with Crippen LogP contribution in [0.4, 0.5) is 0 Å². The fourth-order valence-corrected chi connectivity index (χ4v) is 4.49. The normalized spacial score (nSPS) is 13.3. The monoisotopic (exact) mass is 449 g/mol. The molecule has 0 spiro atoms. The summed E-state index contributed by atoms with van der Waals surface area (Å²) >= 11 is 0. The molecule has 1 heterocycles. The summed E-state index contributed by atoms with van der Waals surface area (Å²) in [7, 11) is 0. The van der Waals surface area contributed by atoms with E-state index in [9.17, 15) is 14.7 Å². The molecule has 1 N–H and O–H groups in total. The van der Waals surface area contributed by atoms with Crippen molar-refractivity contribution in [3.63, 3.8) is 0 Å². The predicted molar refractivity (Wildman–Crippen MR) is 133 cm³/mol. The lowest BCUT2D eigenvalue weighted by Crippen LogP contribution is -2.38. The Morgan fingerprint density at radius 3 is 2.18 bits per heavy atom.